The summed E-state index contributed by atoms with van der Waals surface area (Å²) in [4.78, 5) is 35.9. The highest BCUT2D eigenvalue weighted by Gasteiger charge is 2.21. The number of ketones is 1. The summed E-state index contributed by atoms with van der Waals surface area (Å²) in [6.45, 7) is 7.03. The van der Waals surface area contributed by atoms with E-state index >= 15 is 0 Å². The van der Waals surface area contributed by atoms with Gasteiger partial charge in [0, 0.05) is 11.3 Å². The molecule has 0 unspecified atom stereocenters. The zero-order valence-corrected chi connectivity index (χ0v) is 17.4. The summed E-state index contributed by atoms with van der Waals surface area (Å²) in [5, 5.41) is 11.9. The third kappa shape index (κ3) is 6.14. The summed E-state index contributed by atoms with van der Waals surface area (Å²) in [5.41, 5.74) is 2.63. The predicted octanol–water partition coefficient (Wildman–Crippen LogP) is 4.49. The van der Waals surface area contributed by atoms with Crippen molar-refractivity contribution in [2.75, 3.05) is 5.32 Å². The van der Waals surface area contributed by atoms with Gasteiger partial charge in [-0.05, 0) is 61.2 Å². The Morgan fingerprint density at radius 1 is 1.00 bits per heavy atom. The second-order valence-corrected chi connectivity index (χ2v) is 7.16. The number of nitriles is 1. The lowest BCUT2D eigenvalue weighted by Gasteiger charge is -2.13. The zero-order valence-electron chi connectivity index (χ0n) is 17.4. The smallest absolute Gasteiger partial charge is 0.349 e. The zero-order chi connectivity index (χ0) is 22.3. The molecule has 2 aromatic carbocycles. The number of hydrogen-bond donors (Lipinski definition) is 1. The van der Waals surface area contributed by atoms with Crippen LogP contribution < -0.4 is 5.32 Å². The quantitative estimate of drug-likeness (QED) is 0.317. The molecule has 0 heterocycles. The summed E-state index contributed by atoms with van der Waals surface area (Å²) >= 11 is 0. The van der Waals surface area contributed by atoms with Crippen LogP contribution >= 0.6 is 0 Å². The molecule has 0 aliphatic heterocycles. The van der Waals surface area contributed by atoms with Crippen molar-refractivity contribution in [2.24, 2.45) is 0 Å². The first-order valence-corrected chi connectivity index (χ1v) is 9.56. The Labute approximate surface area is 176 Å². The molecule has 1 atom stereocenters. The summed E-state index contributed by atoms with van der Waals surface area (Å²) < 4.78 is 5.14. The molecule has 0 spiro atoms. The first-order valence-electron chi connectivity index (χ1n) is 9.56. The van der Waals surface area contributed by atoms with Gasteiger partial charge in [-0.2, -0.15) is 5.26 Å². The largest absolute Gasteiger partial charge is 0.448 e. The fourth-order valence-corrected chi connectivity index (χ4v) is 2.59. The van der Waals surface area contributed by atoms with Crippen LogP contribution in [0.5, 0.6) is 0 Å². The molecule has 0 aromatic heterocycles. The van der Waals surface area contributed by atoms with E-state index in [0.717, 1.165) is 5.56 Å². The lowest BCUT2D eigenvalue weighted by Crippen LogP contribution is -2.30. The predicted molar refractivity (Wildman–Crippen MR) is 115 cm³/mol. The number of Topliss-reactive ketones (excluding diaryl/α,β-unsaturated/α-hetero) is 1. The Balaban J connectivity index is 2.02. The summed E-state index contributed by atoms with van der Waals surface area (Å²) in [6.07, 6.45) is 0.322. The molecule has 1 amide bonds. The second-order valence-electron chi connectivity index (χ2n) is 7.16. The van der Waals surface area contributed by atoms with Crippen LogP contribution in [-0.4, -0.2) is 23.8 Å². The fraction of sp³-hybridized carbons (Fsp3) is 0.250. The molecule has 0 saturated carbocycles. The van der Waals surface area contributed by atoms with Crippen LogP contribution in [0.15, 0.2) is 54.1 Å². The molecule has 0 bridgehead atoms. The van der Waals surface area contributed by atoms with Crippen molar-refractivity contribution in [1.29, 1.82) is 5.26 Å². The molecule has 6 nitrogen and oxygen atoms in total. The van der Waals surface area contributed by atoms with Crippen molar-refractivity contribution in [3.63, 3.8) is 0 Å². The number of nitrogens with zero attached hydrogens (tertiary/aromatic N) is 1. The van der Waals surface area contributed by atoms with Crippen molar-refractivity contribution in [3.8, 4) is 6.07 Å². The van der Waals surface area contributed by atoms with Crippen LogP contribution in [-0.2, 0) is 14.3 Å². The van der Waals surface area contributed by atoms with E-state index in [9.17, 15) is 19.6 Å². The van der Waals surface area contributed by atoms with Gasteiger partial charge in [-0.3, -0.25) is 9.59 Å². The highest BCUT2D eigenvalue weighted by Crippen LogP contribution is 2.17. The Kier molecular flexibility index (Phi) is 7.65. The molecule has 0 fully saturated rings. The van der Waals surface area contributed by atoms with Gasteiger partial charge in [-0.1, -0.05) is 38.1 Å². The standard InChI is InChI=1S/C24H24N2O4/c1-15(2)19-7-5-18(6-8-19)13-21(14-25)24(29)30-17(4)23(28)26-22-11-9-20(10-12-22)16(3)27/h5-13,15,17H,1-4H3,(H,26,28)/b21-13+/t17-/m1/s1. The minimum atomic E-state index is -1.11. The van der Waals surface area contributed by atoms with Gasteiger partial charge >= 0.3 is 5.97 Å². The Bertz CT molecular complexity index is 997. The number of benzene rings is 2. The topological polar surface area (TPSA) is 96.3 Å². The number of amides is 1. The molecule has 0 aliphatic carbocycles. The van der Waals surface area contributed by atoms with E-state index in [1.165, 1.54) is 19.9 Å². The molecular formula is C24H24N2O4. The van der Waals surface area contributed by atoms with E-state index in [2.05, 4.69) is 19.2 Å². The summed E-state index contributed by atoms with van der Waals surface area (Å²) in [7, 11) is 0. The monoisotopic (exact) mass is 404 g/mol. The van der Waals surface area contributed by atoms with Gasteiger partial charge in [0.25, 0.3) is 5.91 Å². The van der Waals surface area contributed by atoms with Crippen molar-refractivity contribution >= 4 is 29.4 Å². The molecular weight excluding hydrogens is 380 g/mol. The van der Waals surface area contributed by atoms with E-state index in [0.29, 0.717) is 22.7 Å². The number of nitrogens with one attached hydrogen (secondary N) is 1. The van der Waals surface area contributed by atoms with Crippen LogP contribution in [0.4, 0.5) is 5.69 Å². The lowest BCUT2D eigenvalue weighted by atomic mass is 10.0. The number of ether oxygens (including phenoxy) is 1. The SMILES string of the molecule is CC(=O)c1ccc(NC(=O)[C@@H](C)OC(=O)/C(C#N)=C/c2ccc(C(C)C)cc2)cc1. The maximum Gasteiger partial charge on any atom is 0.349 e. The molecule has 6 heteroatoms. The average Bonchev–Trinajstić information content (AvgIpc) is 2.72. The van der Waals surface area contributed by atoms with E-state index in [-0.39, 0.29) is 11.4 Å². The molecule has 154 valence electrons. The van der Waals surface area contributed by atoms with Gasteiger partial charge in [0.05, 0.1) is 0 Å². The van der Waals surface area contributed by atoms with Crippen molar-refractivity contribution < 1.29 is 19.1 Å². The molecule has 30 heavy (non-hydrogen) atoms. The fourth-order valence-electron chi connectivity index (χ4n) is 2.59. The highest BCUT2D eigenvalue weighted by atomic mass is 16.5. The highest BCUT2D eigenvalue weighted by molar-refractivity contribution is 6.01. The van der Waals surface area contributed by atoms with E-state index in [1.54, 1.807) is 24.3 Å². The van der Waals surface area contributed by atoms with E-state index in [4.69, 9.17) is 4.74 Å². The molecule has 0 saturated heterocycles. The number of esters is 1. The van der Waals surface area contributed by atoms with Crippen LogP contribution in [0.3, 0.4) is 0 Å². The molecule has 0 radical (unpaired) electrons. The van der Waals surface area contributed by atoms with E-state index in [1.807, 2.05) is 30.3 Å². The first-order chi connectivity index (χ1) is 14.2. The van der Waals surface area contributed by atoms with Gasteiger partial charge < -0.3 is 10.1 Å². The number of carbonyl (C=O) groups excluding carboxylic acids is 3. The molecule has 2 aromatic rings. The number of carbonyl (C=O) groups is 3. The van der Waals surface area contributed by atoms with E-state index < -0.39 is 18.0 Å². The van der Waals surface area contributed by atoms with Gasteiger partial charge in [0.2, 0.25) is 0 Å². The van der Waals surface area contributed by atoms with Gasteiger partial charge in [0.15, 0.2) is 11.9 Å². The lowest BCUT2D eigenvalue weighted by molar-refractivity contribution is -0.148. The van der Waals surface area contributed by atoms with Crippen LogP contribution in [0.25, 0.3) is 6.08 Å². The first kappa shape index (κ1) is 22.6. The van der Waals surface area contributed by atoms with Crippen LogP contribution in [0.1, 0.15) is 55.1 Å². The number of anilines is 1. The van der Waals surface area contributed by atoms with Crippen molar-refractivity contribution in [3.05, 3.63) is 70.8 Å². The minimum Gasteiger partial charge on any atom is -0.448 e. The average molecular weight is 404 g/mol. The van der Waals surface area contributed by atoms with Crippen molar-refractivity contribution in [2.45, 2.75) is 39.7 Å². The molecule has 1 N–H and O–H groups in total. The van der Waals surface area contributed by atoms with Gasteiger partial charge in [-0.25, -0.2) is 4.79 Å². The third-order valence-corrected chi connectivity index (χ3v) is 4.47. The summed E-state index contributed by atoms with van der Waals surface area (Å²) in [5.74, 6) is -1.12. The maximum absolute atomic E-state index is 12.3. The van der Waals surface area contributed by atoms with Crippen LogP contribution in [0.2, 0.25) is 0 Å². The third-order valence-electron chi connectivity index (χ3n) is 4.47. The number of hydrogen-bond acceptors (Lipinski definition) is 5. The van der Waals surface area contributed by atoms with Crippen LogP contribution in [0, 0.1) is 11.3 Å². The summed E-state index contributed by atoms with van der Waals surface area (Å²) in [6, 6.07) is 15.7. The normalized spacial score (nSPS) is 12.1. The van der Waals surface area contributed by atoms with Gasteiger partial charge in [0.1, 0.15) is 11.6 Å². The Morgan fingerprint density at radius 2 is 1.60 bits per heavy atom. The minimum absolute atomic E-state index is 0.0789. The molecule has 2 rings (SSSR count). The van der Waals surface area contributed by atoms with Gasteiger partial charge in [-0.15, -0.1) is 0 Å². The maximum atomic E-state index is 12.3. The molecule has 0 aliphatic rings. The second kappa shape index (κ2) is 10.2. The Morgan fingerprint density at radius 3 is 2.10 bits per heavy atom. The Hall–Kier alpha value is -3.72. The van der Waals surface area contributed by atoms with Crippen molar-refractivity contribution in [1.82, 2.24) is 0 Å². The number of rotatable bonds is 7.